The number of nitrogens with one attached hydrogen (secondary N) is 2. The summed E-state index contributed by atoms with van der Waals surface area (Å²) in [6, 6.07) is 18.6. The molecule has 4 aromatic rings. The van der Waals surface area contributed by atoms with E-state index in [0.29, 0.717) is 33.5 Å². The van der Waals surface area contributed by atoms with Crippen LogP contribution in [-0.2, 0) is 6.61 Å². The number of amides is 2. The lowest BCUT2D eigenvalue weighted by Crippen LogP contribution is -2.19. The number of halogens is 1. The molecule has 2 N–H and O–H groups in total. The minimum atomic E-state index is -0.405. The van der Waals surface area contributed by atoms with E-state index in [0.717, 1.165) is 5.56 Å². The van der Waals surface area contributed by atoms with Crippen molar-refractivity contribution in [2.45, 2.75) is 13.5 Å². The highest BCUT2D eigenvalue weighted by Crippen LogP contribution is 2.21. The molecule has 2 heterocycles. The summed E-state index contributed by atoms with van der Waals surface area (Å²) in [4.78, 5) is 28.9. The van der Waals surface area contributed by atoms with Crippen LogP contribution in [0.2, 0.25) is 5.02 Å². The number of hydrogen-bond acceptors (Lipinski definition) is 4. The topological polar surface area (TPSA) is 84.7 Å². The normalized spacial score (nSPS) is 10.6. The maximum atomic E-state index is 12.3. The molecule has 7 nitrogen and oxygen atoms in total. The van der Waals surface area contributed by atoms with Gasteiger partial charge in [0.15, 0.2) is 0 Å². The molecule has 4 rings (SSSR count). The maximum absolute atomic E-state index is 12.3. The Morgan fingerprint density at radius 1 is 1.06 bits per heavy atom. The average Bonchev–Trinajstić information content (AvgIpc) is 2.75. The third-order valence-corrected chi connectivity index (χ3v) is 4.81. The average molecular weight is 435 g/mol. The van der Waals surface area contributed by atoms with Crippen LogP contribution in [0.4, 0.5) is 16.2 Å². The number of carbonyl (C=O) groups excluding carboxylic acids is 1. The summed E-state index contributed by atoms with van der Waals surface area (Å²) in [7, 11) is 0. The Balaban J connectivity index is 1.37. The summed E-state index contributed by atoms with van der Waals surface area (Å²) in [6.45, 7) is 2.07. The Bertz CT molecular complexity index is 1300. The first kappa shape index (κ1) is 20.4. The monoisotopic (exact) mass is 434 g/mol. The molecule has 8 heteroatoms. The summed E-state index contributed by atoms with van der Waals surface area (Å²) in [5.41, 5.74) is 3.05. The Morgan fingerprint density at radius 3 is 2.61 bits per heavy atom. The highest BCUT2D eigenvalue weighted by Gasteiger charge is 2.07. The largest absolute Gasteiger partial charge is 0.487 e. The molecule has 0 unspecified atom stereocenters. The fraction of sp³-hybridized carbons (Fsp3) is 0.0870. The van der Waals surface area contributed by atoms with E-state index in [9.17, 15) is 9.59 Å². The highest BCUT2D eigenvalue weighted by molar-refractivity contribution is 6.33. The summed E-state index contributed by atoms with van der Waals surface area (Å²) in [5, 5.41) is 5.88. The molecule has 2 amide bonds. The number of fused-ring (bicyclic) bond motifs is 1. The zero-order valence-electron chi connectivity index (χ0n) is 16.6. The molecule has 0 radical (unpaired) electrons. The first-order valence-electron chi connectivity index (χ1n) is 9.52. The number of nitrogens with zero attached hydrogens (tertiary/aromatic N) is 2. The smallest absolute Gasteiger partial charge is 0.323 e. The van der Waals surface area contributed by atoms with Crippen molar-refractivity contribution in [3.8, 4) is 5.75 Å². The van der Waals surface area contributed by atoms with E-state index < -0.39 is 6.03 Å². The molecule has 0 aliphatic heterocycles. The fourth-order valence-corrected chi connectivity index (χ4v) is 3.15. The van der Waals surface area contributed by atoms with Crippen molar-refractivity contribution >= 4 is 34.7 Å². The van der Waals surface area contributed by atoms with Gasteiger partial charge in [-0.15, -0.1) is 0 Å². The van der Waals surface area contributed by atoms with Crippen molar-refractivity contribution in [1.82, 2.24) is 9.38 Å². The first-order valence-corrected chi connectivity index (χ1v) is 9.90. The third kappa shape index (κ3) is 5.02. The van der Waals surface area contributed by atoms with Crippen molar-refractivity contribution in [2.75, 3.05) is 10.6 Å². The minimum Gasteiger partial charge on any atom is -0.487 e. The van der Waals surface area contributed by atoms with Crippen LogP contribution in [0.25, 0.3) is 5.65 Å². The number of aromatic nitrogens is 2. The molecule has 0 saturated carbocycles. The zero-order chi connectivity index (χ0) is 21.8. The molecule has 0 fully saturated rings. The van der Waals surface area contributed by atoms with Gasteiger partial charge in [0.25, 0.3) is 5.56 Å². The van der Waals surface area contributed by atoms with Gasteiger partial charge in [-0.25, -0.2) is 9.78 Å². The maximum Gasteiger partial charge on any atom is 0.323 e. The fourth-order valence-electron chi connectivity index (χ4n) is 2.97. The zero-order valence-corrected chi connectivity index (χ0v) is 17.4. The molecule has 31 heavy (non-hydrogen) atoms. The van der Waals surface area contributed by atoms with Gasteiger partial charge in [0.05, 0.1) is 16.4 Å². The van der Waals surface area contributed by atoms with Crippen LogP contribution < -0.4 is 20.9 Å². The number of aryl methyl sites for hydroxylation is 1. The van der Waals surface area contributed by atoms with Crippen LogP contribution in [0.3, 0.4) is 0 Å². The molecular formula is C23H19ClN4O3. The summed E-state index contributed by atoms with van der Waals surface area (Å²) < 4.78 is 7.24. The Labute approximate surface area is 183 Å². The number of rotatable bonds is 5. The van der Waals surface area contributed by atoms with Crippen LogP contribution in [0.1, 0.15) is 11.3 Å². The van der Waals surface area contributed by atoms with Crippen LogP contribution in [0.5, 0.6) is 5.75 Å². The summed E-state index contributed by atoms with van der Waals surface area (Å²) in [6.07, 6.45) is 1.75. The predicted octanol–water partition coefficient (Wildman–Crippen LogP) is 4.88. The predicted molar refractivity (Wildman–Crippen MR) is 121 cm³/mol. The molecule has 0 spiro atoms. The second-order valence-corrected chi connectivity index (χ2v) is 7.30. The van der Waals surface area contributed by atoms with E-state index in [4.69, 9.17) is 16.3 Å². The quantitative estimate of drug-likeness (QED) is 0.469. The second-order valence-electron chi connectivity index (χ2n) is 6.89. The van der Waals surface area contributed by atoms with E-state index in [-0.39, 0.29) is 12.2 Å². The van der Waals surface area contributed by atoms with E-state index in [1.165, 1.54) is 10.5 Å². The Kier molecular flexibility index (Phi) is 5.86. The van der Waals surface area contributed by atoms with Crippen LogP contribution in [0.15, 0.2) is 77.7 Å². The van der Waals surface area contributed by atoms with Gasteiger partial charge in [0.1, 0.15) is 18.0 Å². The van der Waals surface area contributed by atoms with Crippen LogP contribution in [-0.4, -0.2) is 15.4 Å². The van der Waals surface area contributed by atoms with Crippen molar-refractivity contribution in [2.24, 2.45) is 0 Å². The Morgan fingerprint density at radius 2 is 1.84 bits per heavy atom. The molecule has 2 aromatic heterocycles. The van der Waals surface area contributed by atoms with Gasteiger partial charge in [0, 0.05) is 18.0 Å². The van der Waals surface area contributed by atoms with E-state index >= 15 is 0 Å². The first-order chi connectivity index (χ1) is 15.0. The van der Waals surface area contributed by atoms with Crippen molar-refractivity contribution in [3.63, 3.8) is 0 Å². The van der Waals surface area contributed by atoms with E-state index in [1.54, 1.807) is 60.8 Å². The standard InChI is InChI=1S/C23H19ClN4O3/c1-15-6-11-21-25-17(12-22(29)28(21)13-15)14-31-18-9-7-16(8-10-18)26-23(30)27-20-5-3-2-4-19(20)24/h2-13H,14H2,1H3,(H2,26,27,30). The van der Waals surface area contributed by atoms with Gasteiger partial charge < -0.3 is 15.4 Å². The number of pyridine rings is 1. The van der Waals surface area contributed by atoms with Gasteiger partial charge in [-0.05, 0) is 55.0 Å². The van der Waals surface area contributed by atoms with Crippen molar-refractivity contribution in [3.05, 3.63) is 99.6 Å². The molecule has 0 bridgehead atoms. The summed E-state index contributed by atoms with van der Waals surface area (Å²) in [5.74, 6) is 0.586. The van der Waals surface area contributed by atoms with Gasteiger partial charge in [-0.1, -0.05) is 29.8 Å². The Hall–Kier alpha value is -3.84. The van der Waals surface area contributed by atoms with E-state index in [2.05, 4.69) is 15.6 Å². The van der Waals surface area contributed by atoms with Gasteiger partial charge in [-0.3, -0.25) is 9.20 Å². The molecular weight excluding hydrogens is 416 g/mol. The number of ether oxygens (including phenoxy) is 1. The third-order valence-electron chi connectivity index (χ3n) is 4.48. The molecule has 0 atom stereocenters. The van der Waals surface area contributed by atoms with Crippen molar-refractivity contribution in [1.29, 1.82) is 0 Å². The number of urea groups is 1. The molecule has 156 valence electrons. The van der Waals surface area contributed by atoms with E-state index in [1.807, 2.05) is 13.0 Å². The number of hydrogen-bond donors (Lipinski definition) is 2. The lowest BCUT2D eigenvalue weighted by molar-refractivity contribution is 0.262. The van der Waals surface area contributed by atoms with Crippen LogP contribution in [0, 0.1) is 6.92 Å². The highest BCUT2D eigenvalue weighted by atomic mass is 35.5. The molecule has 0 aliphatic rings. The number of para-hydroxylation sites is 1. The summed E-state index contributed by atoms with van der Waals surface area (Å²) >= 11 is 6.04. The number of benzene rings is 2. The van der Waals surface area contributed by atoms with Gasteiger partial charge >= 0.3 is 6.03 Å². The van der Waals surface area contributed by atoms with Crippen molar-refractivity contribution < 1.29 is 9.53 Å². The number of carbonyl (C=O) groups is 1. The molecule has 0 saturated heterocycles. The lowest BCUT2D eigenvalue weighted by Gasteiger charge is -2.10. The van der Waals surface area contributed by atoms with Gasteiger partial charge in [0.2, 0.25) is 0 Å². The minimum absolute atomic E-state index is 0.152. The molecule has 0 aliphatic carbocycles. The van der Waals surface area contributed by atoms with Gasteiger partial charge in [-0.2, -0.15) is 0 Å². The second kappa shape index (κ2) is 8.89. The SMILES string of the molecule is Cc1ccc2nc(COc3ccc(NC(=O)Nc4ccccc4Cl)cc3)cc(=O)n2c1. The number of anilines is 2. The van der Waals surface area contributed by atoms with Crippen LogP contribution >= 0.6 is 11.6 Å². The molecule has 2 aromatic carbocycles. The lowest BCUT2D eigenvalue weighted by atomic mass is 10.3.